The first-order valence-corrected chi connectivity index (χ1v) is 4.42. The second-order valence-electron chi connectivity index (χ2n) is 3.23. The predicted octanol–water partition coefficient (Wildman–Crippen LogP) is 2.26. The van der Waals surface area contributed by atoms with Crippen molar-refractivity contribution >= 4 is 0 Å². The molecule has 0 radical (unpaired) electrons. The van der Waals surface area contributed by atoms with Crippen molar-refractivity contribution in [1.29, 1.82) is 0 Å². The third-order valence-electron chi connectivity index (χ3n) is 1.94. The lowest BCUT2D eigenvalue weighted by Gasteiger charge is -2.13. The number of hydrogen-bond acceptors (Lipinski definition) is 2. The Labute approximate surface area is 79.3 Å². The Kier molecular flexibility index (Phi) is 3.16. The summed E-state index contributed by atoms with van der Waals surface area (Å²) in [6.45, 7) is 5.92. The molecule has 0 aliphatic rings. The molecular weight excluding hydrogens is 162 g/mol. The van der Waals surface area contributed by atoms with Crippen molar-refractivity contribution in [2.75, 3.05) is 0 Å². The molecule has 1 aromatic rings. The van der Waals surface area contributed by atoms with Gasteiger partial charge < -0.3 is 4.42 Å². The fourth-order valence-corrected chi connectivity index (χ4v) is 1.19. The molecular formula is C11H15NO. The highest BCUT2D eigenvalue weighted by Crippen LogP contribution is 2.15. The van der Waals surface area contributed by atoms with E-state index in [0.29, 0.717) is 0 Å². The van der Waals surface area contributed by atoms with Gasteiger partial charge in [0.25, 0.3) is 0 Å². The lowest BCUT2D eigenvalue weighted by Crippen LogP contribution is -2.27. The van der Waals surface area contributed by atoms with E-state index in [4.69, 9.17) is 10.8 Å². The smallest absolute Gasteiger partial charge is 0.120 e. The minimum absolute atomic E-state index is 0.0698. The Morgan fingerprint density at radius 1 is 1.46 bits per heavy atom. The van der Waals surface area contributed by atoms with Crippen molar-refractivity contribution in [3.63, 3.8) is 0 Å². The molecule has 2 nitrogen and oxygen atoms in total. The fraction of sp³-hybridized carbons (Fsp3) is 0.455. The van der Waals surface area contributed by atoms with E-state index in [-0.39, 0.29) is 12.1 Å². The second kappa shape index (κ2) is 4.15. The van der Waals surface area contributed by atoms with Gasteiger partial charge in [0.05, 0.1) is 12.1 Å². The molecule has 2 unspecified atom stereocenters. The molecule has 1 N–H and O–H groups in total. The summed E-state index contributed by atoms with van der Waals surface area (Å²) in [4.78, 5) is 0. The number of hydrogen-bond donors (Lipinski definition) is 1. The zero-order valence-electron chi connectivity index (χ0n) is 8.29. The van der Waals surface area contributed by atoms with Crippen LogP contribution in [0.3, 0.4) is 0 Å². The topological polar surface area (TPSA) is 25.2 Å². The maximum absolute atomic E-state index is 5.46. The molecule has 0 aromatic carbocycles. The lowest BCUT2D eigenvalue weighted by atomic mass is 10.2. The van der Waals surface area contributed by atoms with Gasteiger partial charge in [-0.2, -0.15) is 0 Å². The molecule has 70 valence electrons. The highest BCUT2D eigenvalue weighted by Gasteiger charge is 2.10. The summed E-state index contributed by atoms with van der Waals surface area (Å²) >= 11 is 0. The summed E-state index contributed by atoms with van der Waals surface area (Å²) in [5.41, 5.74) is 0. The minimum atomic E-state index is 0.0698. The number of rotatable bonds is 3. The first-order valence-electron chi connectivity index (χ1n) is 4.42. The van der Waals surface area contributed by atoms with Gasteiger partial charge in [-0.1, -0.05) is 5.92 Å². The van der Waals surface area contributed by atoms with E-state index in [1.807, 2.05) is 32.9 Å². The van der Waals surface area contributed by atoms with Crippen molar-refractivity contribution in [1.82, 2.24) is 5.32 Å². The Balaban J connectivity index is 2.59. The third kappa shape index (κ3) is 2.64. The molecule has 1 rings (SSSR count). The Bertz CT molecular complexity index is 308. The molecule has 0 bridgehead atoms. The van der Waals surface area contributed by atoms with Crippen LogP contribution in [0.1, 0.15) is 31.4 Å². The lowest BCUT2D eigenvalue weighted by molar-refractivity contribution is 0.409. The van der Waals surface area contributed by atoms with E-state index in [1.54, 1.807) is 0 Å². The maximum Gasteiger partial charge on any atom is 0.120 e. The van der Waals surface area contributed by atoms with Crippen molar-refractivity contribution in [2.24, 2.45) is 0 Å². The highest BCUT2D eigenvalue weighted by atomic mass is 16.3. The van der Waals surface area contributed by atoms with Crippen LogP contribution in [0.4, 0.5) is 0 Å². The average Bonchev–Trinajstić information content (AvgIpc) is 2.51. The summed E-state index contributed by atoms with van der Waals surface area (Å²) in [5.74, 6) is 4.48. The van der Waals surface area contributed by atoms with Gasteiger partial charge in [-0.15, -0.1) is 6.42 Å². The van der Waals surface area contributed by atoms with Crippen LogP contribution in [0.15, 0.2) is 16.5 Å². The number of aryl methyl sites for hydroxylation is 1. The van der Waals surface area contributed by atoms with Gasteiger partial charge >= 0.3 is 0 Å². The van der Waals surface area contributed by atoms with E-state index >= 15 is 0 Å². The molecule has 0 fully saturated rings. The Hall–Kier alpha value is -1.20. The van der Waals surface area contributed by atoms with Crippen LogP contribution in [-0.2, 0) is 0 Å². The molecule has 0 spiro atoms. The van der Waals surface area contributed by atoms with E-state index in [9.17, 15) is 0 Å². The van der Waals surface area contributed by atoms with Crippen LogP contribution in [0.2, 0.25) is 0 Å². The number of furan rings is 1. The zero-order valence-corrected chi connectivity index (χ0v) is 8.29. The summed E-state index contributed by atoms with van der Waals surface area (Å²) in [5, 5.41) is 3.23. The first kappa shape index (κ1) is 9.88. The average molecular weight is 177 g/mol. The first-order chi connectivity index (χ1) is 6.13. The molecule has 2 atom stereocenters. The predicted molar refractivity (Wildman–Crippen MR) is 53.3 cm³/mol. The Morgan fingerprint density at radius 3 is 2.62 bits per heavy atom. The molecule has 0 aliphatic heterocycles. The van der Waals surface area contributed by atoms with Gasteiger partial charge in [-0.3, -0.25) is 5.32 Å². The minimum Gasteiger partial charge on any atom is -0.465 e. The molecule has 0 amide bonds. The fourth-order valence-electron chi connectivity index (χ4n) is 1.19. The van der Waals surface area contributed by atoms with E-state index in [1.165, 1.54) is 0 Å². The largest absolute Gasteiger partial charge is 0.465 e. The number of terminal acetylenes is 1. The second-order valence-corrected chi connectivity index (χ2v) is 3.23. The SMILES string of the molecule is C#CC(C)NC(C)c1ccc(C)o1. The standard InChI is InChI=1S/C11H15NO/c1-5-8(2)12-10(4)11-7-6-9(3)13-11/h1,6-8,10,12H,2-4H3. The molecule has 1 aromatic heterocycles. The van der Waals surface area contributed by atoms with Gasteiger partial charge in [0, 0.05) is 0 Å². The molecule has 0 saturated heterocycles. The maximum atomic E-state index is 5.46. The monoisotopic (exact) mass is 177 g/mol. The van der Waals surface area contributed by atoms with Crippen molar-refractivity contribution in [3.8, 4) is 12.3 Å². The normalized spacial score (nSPS) is 14.9. The molecule has 13 heavy (non-hydrogen) atoms. The summed E-state index contributed by atoms with van der Waals surface area (Å²) in [7, 11) is 0. The van der Waals surface area contributed by atoms with Gasteiger partial charge in [-0.05, 0) is 32.9 Å². The summed E-state index contributed by atoms with van der Waals surface area (Å²) in [6.07, 6.45) is 5.26. The molecule has 0 aliphatic carbocycles. The third-order valence-corrected chi connectivity index (χ3v) is 1.94. The van der Waals surface area contributed by atoms with Crippen molar-refractivity contribution in [3.05, 3.63) is 23.7 Å². The van der Waals surface area contributed by atoms with Crippen LogP contribution in [0.25, 0.3) is 0 Å². The van der Waals surface area contributed by atoms with E-state index in [2.05, 4.69) is 11.2 Å². The Morgan fingerprint density at radius 2 is 2.15 bits per heavy atom. The van der Waals surface area contributed by atoms with Gasteiger partial charge in [0.2, 0.25) is 0 Å². The van der Waals surface area contributed by atoms with Gasteiger partial charge in [0.15, 0.2) is 0 Å². The molecule has 1 heterocycles. The summed E-state index contributed by atoms with van der Waals surface area (Å²) < 4.78 is 5.46. The van der Waals surface area contributed by atoms with Crippen LogP contribution < -0.4 is 5.32 Å². The zero-order chi connectivity index (χ0) is 9.84. The van der Waals surface area contributed by atoms with Gasteiger partial charge in [0.1, 0.15) is 11.5 Å². The van der Waals surface area contributed by atoms with Crippen LogP contribution in [-0.4, -0.2) is 6.04 Å². The quantitative estimate of drug-likeness (QED) is 0.716. The van der Waals surface area contributed by atoms with E-state index in [0.717, 1.165) is 11.5 Å². The highest BCUT2D eigenvalue weighted by molar-refractivity contribution is 5.10. The number of nitrogens with one attached hydrogen (secondary N) is 1. The molecule has 2 heteroatoms. The van der Waals surface area contributed by atoms with Crippen molar-refractivity contribution < 1.29 is 4.42 Å². The summed E-state index contributed by atoms with van der Waals surface area (Å²) in [6, 6.07) is 4.16. The van der Waals surface area contributed by atoms with Crippen molar-refractivity contribution in [2.45, 2.75) is 32.9 Å². The molecule has 0 saturated carbocycles. The van der Waals surface area contributed by atoms with Crippen LogP contribution in [0, 0.1) is 19.3 Å². The van der Waals surface area contributed by atoms with Crippen LogP contribution in [0.5, 0.6) is 0 Å². The van der Waals surface area contributed by atoms with Gasteiger partial charge in [-0.25, -0.2) is 0 Å². The van der Waals surface area contributed by atoms with E-state index < -0.39 is 0 Å². The van der Waals surface area contributed by atoms with Crippen LogP contribution >= 0.6 is 0 Å².